The van der Waals surface area contributed by atoms with Gasteiger partial charge in [0, 0.05) is 38.3 Å². The second kappa shape index (κ2) is 9.92. The van der Waals surface area contributed by atoms with Gasteiger partial charge in [-0.15, -0.1) is 0 Å². The molecule has 162 valence electrons. The Balaban J connectivity index is 1.37. The molecule has 6 heteroatoms. The van der Waals surface area contributed by atoms with Crippen LogP contribution in [0.15, 0.2) is 18.2 Å². The Kier molecular flexibility index (Phi) is 7.55. The van der Waals surface area contributed by atoms with Crippen LogP contribution in [0.25, 0.3) is 0 Å². The number of nitrogens with zero attached hydrogens (tertiary/aromatic N) is 2. The van der Waals surface area contributed by atoms with Crippen molar-refractivity contribution in [2.75, 3.05) is 52.5 Å². The first-order valence-electron chi connectivity index (χ1n) is 10.9. The van der Waals surface area contributed by atoms with Gasteiger partial charge in [0.05, 0.1) is 19.8 Å². The lowest BCUT2D eigenvalue weighted by molar-refractivity contribution is -0.123. The third-order valence-corrected chi connectivity index (χ3v) is 6.27. The van der Waals surface area contributed by atoms with E-state index in [9.17, 15) is 4.79 Å². The maximum absolute atomic E-state index is 12.5. The molecule has 1 N–H and O–H groups in total. The molecule has 3 rings (SSSR count). The summed E-state index contributed by atoms with van der Waals surface area (Å²) >= 11 is 0. The Labute approximate surface area is 175 Å². The predicted octanol–water partition coefficient (Wildman–Crippen LogP) is 2.37. The Morgan fingerprint density at radius 2 is 1.83 bits per heavy atom. The molecule has 0 unspecified atom stereocenters. The van der Waals surface area contributed by atoms with Crippen molar-refractivity contribution in [1.82, 2.24) is 15.1 Å². The van der Waals surface area contributed by atoms with Gasteiger partial charge in [-0.2, -0.15) is 0 Å². The molecule has 2 aliphatic heterocycles. The monoisotopic (exact) mass is 403 g/mol. The van der Waals surface area contributed by atoms with Crippen LogP contribution in [0.4, 0.5) is 0 Å². The second-order valence-corrected chi connectivity index (χ2v) is 9.03. The Morgan fingerprint density at radius 3 is 2.48 bits per heavy atom. The number of rotatable bonds is 7. The van der Waals surface area contributed by atoms with Gasteiger partial charge in [0.25, 0.3) is 0 Å². The molecule has 0 aromatic heterocycles. The molecular weight excluding hydrogens is 366 g/mol. The molecule has 1 aromatic rings. The van der Waals surface area contributed by atoms with Crippen molar-refractivity contribution in [3.05, 3.63) is 29.3 Å². The molecular formula is C23H37N3O3. The van der Waals surface area contributed by atoms with Gasteiger partial charge in [0.15, 0.2) is 0 Å². The third-order valence-electron chi connectivity index (χ3n) is 6.27. The van der Waals surface area contributed by atoms with E-state index >= 15 is 0 Å². The fourth-order valence-electron chi connectivity index (χ4n) is 4.02. The molecule has 2 fully saturated rings. The number of nitrogens with one attached hydrogen (secondary N) is 1. The molecule has 0 radical (unpaired) electrons. The summed E-state index contributed by atoms with van der Waals surface area (Å²) in [5, 5.41) is 3.14. The molecule has 0 aliphatic carbocycles. The Morgan fingerprint density at radius 1 is 1.14 bits per heavy atom. The normalized spacial score (nSPS) is 19.9. The van der Waals surface area contributed by atoms with Crippen LogP contribution < -0.4 is 10.1 Å². The second-order valence-electron chi connectivity index (χ2n) is 9.03. The number of piperidine rings is 1. The summed E-state index contributed by atoms with van der Waals surface area (Å²) in [6, 6.07) is 6.28. The van der Waals surface area contributed by atoms with Gasteiger partial charge in [0.1, 0.15) is 11.9 Å². The van der Waals surface area contributed by atoms with E-state index in [1.54, 1.807) is 0 Å². The molecule has 2 heterocycles. The maximum Gasteiger partial charge on any atom is 0.234 e. The van der Waals surface area contributed by atoms with E-state index in [0.29, 0.717) is 13.1 Å². The number of morpholine rings is 1. The highest BCUT2D eigenvalue weighted by atomic mass is 16.5. The Bertz CT molecular complexity index is 678. The number of ether oxygens (including phenoxy) is 2. The highest BCUT2D eigenvalue weighted by Crippen LogP contribution is 2.22. The van der Waals surface area contributed by atoms with Crippen LogP contribution >= 0.6 is 0 Å². The lowest BCUT2D eigenvalue weighted by Gasteiger charge is -2.41. The standard InChI is InChI=1S/C23H37N3O3/c1-18-5-6-21(15-19(18)2)29-20-7-9-25(10-8-20)16-22(27)24-17-23(3,4)26-11-13-28-14-12-26/h5-6,15,20H,7-14,16-17H2,1-4H3,(H,24,27). The van der Waals surface area contributed by atoms with Crippen molar-refractivity contribution >= 4 is 5.91 Å². The lowest BCUT2D eigenvalue weighted by Crippen LogP contribution is -2.56. The van der Waals surface area contributed by atoms with Gasteiger partial charge in [-0.25, -0.2) is 0 Å². The number of aryl methyl sites for hydroxylation is 2. The zero-order chi connectivity index (χ0) is 20.9. The predicted molar refractivity (Wildman–Crippen MR) is 115 cm³/mol. The van der Waals surface area contributed by atoms with E-state index in [0.717, 1.165) is 58.0 Å². The quantitative estimate of drug-likeness (QED) is 0.758. The lowest BCUT2D eigenvalue weighted by atomic mass is 10.0. The van der Waals surface area contributed by atoms with Crippen molar-refractivity contribution in [1.29, 1.82) is 0 Å². The first-order valence-corrected chi connectivity index (χ1v) is 10.9. The van der Waals surface area contributed by atoms with Crippen LogP contribution in [0.3, 0.4) is 0 Å². The molecule has 0 bridgehead atoms. The van der Waals surface area contributed by atoms with Crippen LogP contribution in [0, 0.1) is 13.8 Å². The molecule has 1 aromatic carbocycles. The first-order chi connectivity index (χ1) is 13.8. The van der Waals surface area contributed by atoms with E-state index in [4.69, 9.17) is 9.47 Å². The molecule has 6 nitrogen and oxygen atoms in total. The van der Waals surface area contributed by atoms with E-state index in [1.807, 2.05) is 0 Å². The maximum atomic E-state index is 12.5. The number of likely N-dealkylation sites (tertiary alicyclic amines) is 1. The largest absolute Gasteiger partial charge is 0.490 e. The molecule has 2 saturated heterocycles. The molecule has 2 aliphatic rings. The number of hydrogen-bond acceptors (Lipinski definition) is 5. The minimum atomic E-state index is -0.0492. The van der Waals surface area contributed by atoms with E-state index < -0.39 is 0 Å². The molecule has 1 amide bonds. The average Bonchev–Trinajstić information content (AvgIpc) is 2.71. The Hall–Kier alpha value is -1.63. The van der Waals surface area contributed by atoms with Gasteiger partial charge in [-0.3, -0.25) is 14.6 Å². The number of amides is 1. The van der Waals surface area contributed by atoms with Gasteiger partial charge in [0.2, 0.25) is 5.91 Å². The summed E-state index contributed by atoms with van der Waals surface area (Å²) in [5.41, 5.74) is 2.50. The topological polar surface area (TPSA) is 54.0 Å². The van der Waals surface area contributed by atoms with E-state index in [-0.39, 0.29) is 17.6 Å². The van der Waals surface area contributed by atoms with E-state index in [1.165, 1.54) is 11.1 Å². The van der Waals surface area contributed by atoms with Crippen LogP contribution in [-0.2, 0) is 9.53 Å². The van der Waals surface area contributed by atoms with Crippen molar-refractivity contribution in [3.63, 3.8) is 0 Å². The molecule has 29 heavy (non-hydrogen) atoms. The number of hydrogen-bond donors (Lipinski definition) is 1. The minimum absolute atomic E-state index is 0.0492. The zero-order valence-corrected chi connectivity index (χ0v) is 18.5. The van der Waals surface area contributed by atoms with Crippen LogP contribution in [-0.4, -0.2) is 79.8 Å². The van der Waals surface area contributed by atoms with Gasteiger partial charge in [-0.1, -0.05) is 6.07 Å². The fraction of sp³-hybridized carbons (Fsp3) is 0.696. The summed E-state index contributed by atoms with van der Waals surface area (Å²) in [6.45, 7) is 14.9. The van der Waals surface area contributed by atoms with Crippen molar-refractivity contribution in [2.24, 2.45) is 0 Å². The highest BCUT2D eigenvalue weighted by molar-refractivity contribution is 5.78. The fourth-order valence-corrected chi connectivity index (χ4v) is 4.02. The van der Waals surface area contributed by atoms with E-state index in [2.05, 4.69) is 61.0 Å². The molecule has 0 atom stereocenters. The average molecular weight is 404 g/mol. The summed E-state index contributed by atoms with van der Waals surface area (Å²) in [5.74, 6) is 1.06. The number of carbonyl (C=O) groups is 1. The summed E-state index contributed by atoms with van der Waals surface area (Å²) in [7, 11) is 0. The van der Waals surface area contributed by atoms with Crippen LogP contribution in [0.2, 0.25) is 0 Å². The van der Waals surface area contributed by atoms with Gasteiger partial charge in [-0.05, 0) is 63.8 Å². The summed E-state index contributed by atoms with van der Waals surface area (Å²) < 4.78 is 11.6. The number of benzene rings is 1. The molecule has 0 spiro atoms. The van der Waals surface area contributed by atoms with Crippen LogP contribution in [0.1, 0.15) is 37.8 Å². The van der Waals surface area contributed by atoms with Crippen molar-refractivity contribution in [2.45, 2.75) is 52.2 Å². The summed E-state index contributed by atoms with van der Waals surface area (Å²) in [6.07, 6.45) is 2.15. The van der Waals surface area contributed by atoms with Crippen molar-refractivity contribution < 1.29 is 14.3 Å². The summed E-state index contributed by atoms with van der Waals surface area (Å²) in [4.78, 5) is 17.1. The van der Waals surface area contributed by atoms with Crippen LogP contribution in [0.5, 0.6) is 5.75 Å². The smallest absolute Gasteiger partial charge is 0.234 e. The highest BCUT2D eigenvalue weighted by Gasteiger charge is 2.29. The first kappa shape index (κ1) is 22.1. The van der Waals surface area contributed by atoms with Crippen molar-refractivity contribution in [3.8, 4) is 5.75 Å². The molecule has 0 saturated carbocycles. The van der Waals surface area contributed by atoms with Gasteiger partial charge < -0.3 is 14.8 Å². The number of carbonyl (C=O) groups excluding carboxylic acids is 1. The minimum Gasteiger partial charge on any atom is -0.490 e. The van der Waals surface area contributed by atoms with Gasteiger partial charge >= 0.3 is 0 Å². The zero-order valence-electron chi connectivity index (χ0n) is 18.5. The third kappa shape index (κ3) is 6.43. The SMILES string of the molecule is Cc1ccc(OC2CCN(CC(=O)NCC(C)(C)N3CCOCC3)CC2)cc1C.